The molecule has 0 saturated carbocycles. The van der Waals surface area contributed by atoms with Gasteiger partial charge in [0.25, 0.3) is 5.91 Å². The van der Waals surface area contributed by atoms with Gasteiger partial charge in [0.05, 0.1) is 18.4 Å². The molecule has 2 rings (SSSR count). The Hall–Kier alpha value is -2.69. The first-order valence-electron chi connectivity index (χ1n) is 5.56. The molecule has 1 amide bonds. The molecule has 5 nitrogen and oxygen atoms in total. The number of nitrogens with two attached hydrogens (primary N) is 1. The van der Waals surface area contributed by atoms with Crippen LogP contribution in [0.5, 0.6) is 5.75 Å². The van der Waals surface area contributed by atoms with Crippen LogP contribution in [0.1, 0.15) is 20.8 Å². The molecule has 0 spiro atoms. The zero-order chi connectivity index (χ0) is 13.8. The highest BCUT2D eigenvalue weighted by atomic mass is 16.5. The van der Waals surface area contributed by atoms with Crippen LogP contribution in [0.25, 0.3) is 11.3 Å². The number of pyridine rings is 1. The molecule has 0 bridgehead atoms. The maximum atomic E-state index is 11.1. The van der Waals surface area contributed by atoms with Crippen molar-refractivity contribution in [2.75, 3.05) is 7.11 Å². The van der Waals surface area contributed by atoms with Gasteiger partial charge in [0.1, 0.15) is 11.4 Å². The number of benzene rings is 1. The maximum Gasteiger partial charge on any atom is 0.267 e. The van der Waals surface area contributed by atoms with Crippen LogP contribution in [0, 0.1) is 0 Å². The average Bonchev–Trinajstić information content (AvgIpc) is 2.46. The molecule has 0 atom stereocenters. The molecule has 1 aromatic carbocycles. The first-order chi connectivity index (χ1) is 9.15. The Morgan fingerprint density at radius 1 is 1.32 bits per heavy atom. The number of aromatic nitrogens is 1. The number of ether oxygens (including phenoxy) is 1. The largest absolute Gasteiger partial charge is 0.496 e. The summed E-state index contributed by atoms with van der Waals surface area (Å²) in [5.41, 5.74) is 7.07. The van der Waals surface area contributed by atoms with Gasteiger partial charge in [-0.3, -0.25) is 9.59 Å². The van der Waals surface area contributed by atoms with E-state index in [1.54, 1.807) is 30.3 Å². The van der Waals surface area contributed by atoms with E-state index in [0.29, 0.717) is 28.9 Å². The molecule has 96 valence electrons. The second kappa shape index (κ2) is 5.30. The summed E-state index contributed by atoms with van der Waals surface area (Å²) in [6.07, 6.45) is 0.709. The van der Waals surface area contributed by atoms with Crippen molar-refractivity contribution in [2.45, 2.75) is 0 Å². The van der Waals surface area contributed by atoms with Crippen molar-refractivity contribution >= 4 is 12.2 Å². The topological polar surface area (TPSA) is 82.3 Å². The van der Waals surface area contributed by atoms with Crippen LogP contribution < -0.4 is 10.5 Å². The van der Waals surface area contributed by atoms with E-state index in [1.165, 1.54) is 13.2 Å². The van der Waals surface area contributed by atoms with Crippen LogP contribution in [0.4, 0.5) is 0 Å². The van der Waals surface area contributed by atoms with Crippen molar-refractivity contribution in [1.29, 1.82) is 0 Å². The molecule has 0 fully saturated rings. The standard InChI is InChI=1S/C14H12N2O3/c1-19-13-6-5-9(7-10(13)8-17)11-3-2-4-12(16-11)14(15)18/h2-8H,1H3,(H2,15,18). The molecule has 0 unspecified atom stereocenters. The summed E-state index contributed by atoms with van der Waals surface area (Å²) >= 11 is 0. The van der Waals surface area contributed by atoms with Gasteiger partial charge in [-0.05, 0) is 30.3 Å². The number of primary amides is 1. The Morgan fingerprint density at radius 3 is 2.74 bits per heavy atom. The minimum absolute atomic E-state index is 0.181. The fraction of sp³-hybridized carbons (Fsp3) is 0.0714. The lowest BCUT2D eigenvalue weighted by atomic mass is 10.1. The quantitative estimate of drug-likeness (QED) is 0.843. The number of hydrogen-bond acceptors (Lipinski definition) is 4. The van der Waals surface area contributed by atoms with Crippen molar-refractivity contribution in [3.8, 4) is 17.0 Å². The van der Waals surface area contributed by atoms with Gasteiger partial charge in [0.15, 0.2) is 6.29 Å². The van der Waals surface area contributed by atoms with Gasteiger partial charge in [-0.25, -0.2) is 4.98 Å². The smallest absolute Gasteiger partial charge is 0.267 e. The first kappa shape index (κ1) is 12.8. The summed E-state index contributed by atoms with van der Waals surface area (Å²) in [7, 11) is 1.49. The molecule has 1 aromatic heterocycles. The van der Waals surface area contributed by atoms with Crippen molar-refractivity contribution in [1.82, 2.24) is 4.98 Å². The Balaban J connectivity index is 2.50. The van der Waals surface area contributed by atoms with Crippen molar-refractivity contribution in [3.63, 3.8) is 0 Å². The summed E-state index contributed by atoms with van der Waals surface area (Å²) in [4.78, 5) is 26.2. The zero-order valence-electron chi connectivity index (χ0n) is 10.3. The van der Waals surface area contributed by atoms with Crippen LogP contribution in [-0.4, -0.2) is 24.3 Å². The average molecular weight is 256 g/mol. The lowest BCUT2D eigenvalue weighted by Crippen LogP contribution is -2.13. The van der Waals surface area contributed by atoms with Crippen LogP contribution in [0.15, 0.2) is 36.4 Å². The van der Waals surface area contributed by atoms with E-state index < -0.39 is 5.91 Å². The number of aldehydes is 1. The number of methoxy groups -OCH3 is 1. The van der Waals surface area contributed by atoms with Crippen molar-refractivity contribution in [2.24, 2.45) is 5.73 Å². The zero-order valence-corrected chi connectivity index (χ0v) is 10.3. The molecule has 0 saturated heterocycles. The predicted octanol–water partition coefficient (Wildman–Crippen LogP) is 1.67. The highest BCUT2D eigenvalue weighted by Crippen LogP contribution is 2.24. The molecule has 19 heavy (non-hydrogen) atoms. The molecule has 2 N–H and O–H groups in total. The lowest BCUT2D eigenvalue weighted by molar-refractivity contribution is 0.0995. The Kier molecular flexibility index (Phi) is 3.56. The SMILES string of the molecule is COc1ccc(-c2cccc(C(N)=O)n2)cc1C=O. The van der Waals surface area contributed by atoms with Gasteiger partial charge >= 0.3 is 0 Å². The Morgan fingerprint density at radius 2 is 2.11 bits per heavy atom. The predicted molar refractivity (Wildman–Crippen MR) is 70.1 cm³/mol. The Bertz CT molecular complexity index is 638. The number of rotatable bonds is 4. The monoisotopic (exact) mass is 256 g/mol. The summed E-state index contributed by atoms with van der Waals surface area (Å²) < 4.78 is 5.06. The number of carbonyl (C=O) groups excluding carboxylic acids is 2. The molecular formula is C14H12N2O3. The highest BCUT2D eigenvalue weighted by Gasteiger charge is 2.08. The third-order valence-electron chi connectivity index (χ3n) is 2.65. The fourth-order valence-electron chi connectivity index (χ4n) is 1.72. The molecule has 5 heteroatoms. The Labute approximate surface area is 110 Å². The first-order valence-corrected chi connectivity index (χ1v) is 5.56. The summed E-state index contributed by atoms with van der Waals surface area (Å²) in [5, 5.41) is 0. The van der Waals surface area contributed by atoms with E-state index >= 15 is 0 Å². The molecule has 1 heterocycles. The van der Waals surface area contributed by atoms with Gasteiger partial charge < -0.3 is 10.5 Å². The van der Waals surface area contributed by atoms with Crippen molar-refractivity contribution in [3.05, 3.63) is 47.7 Å². The van der Waals surface area contributed by atoms with Gasteiger partial charge in [0, 0.05) is 5.56 Å². The van der Waals surface area contributed by atoms with E-state index in [9.17, 15) is 9.59 Å². The van der Waals surface area contributed by atoms with Crippen molar-refractivity contribution < 1.29 is 14.3 Å². The molecule has 2 aromatic rings. The minimum atomic E-state index is -0.592. The fourth-order valence-corrected chi connectivity index (χ4v) is 1.72. The van der Waals surface area contributed by atoms with Crippen LogP contribution in [-0.2, 0) is 0 Å². The molecular weight excluding hydrogens is 244 g/mol. The van der Waals surface area contributed by atoms with Crippen LogP contribution >= 0.6 is 0 Å². The summed E-state index contributed by atoms with van der Waals surface area (Å²) in [6.45, 7) is 0. The molecule has 0 radical (unpaired) electrons. The van der Waals surface area contributed by atoms with E-state index in [0.717, 1.165) is 0 Å². The molecule has 0 aliphatic rings. The second-order valence-electron chi connectivity index (χ2n) is 3.85. The second-order valence-corrected chi connectivity index (χ2v) is 3.85. The minimum Gasteiger partial charge on any atom is -0.496 e. The summed E-state index contributed by atoms with van der Waals surface area (Å²) in [6, 6.07) is 10.1. The van der Waals surface area contributed by atoms with Gasteiger partial charge in [-0.15, -0.1) is 0 Å². The number of carbonyl (C=O) groups is 2. The third kappa shape index (κ3) is 2.60. The van der Waals surface area contributed by atoms with Gasteiger partial charge in [0.2, 0.25) is 0 Å². The van der Waals surface area contributed by atoms with Crippen LogP contribution in [0.2, 0.25) is 0 Å². The normalized spacial score (nSPS) is 9.95. The van der Waals surface area contributed by atoms with E-state index in [-0.39, 0.29) is 5.69 Å². The molecule has 0 aliphatic carbocycles. The van der Waals surface area contributed by atoms with Gasteiger partial charge in [-0.1, -0.05) is 6.07 Å². The number of hydrogen-bond donors (Lipinski definition) is 1. The maximum absolute atomic E-state index is 11.1. The van der Waals surface area contributed by atoms with E-state index in [2.05, 4.69) is 4.98 Å². The lowest BCUT2D eigenvalue weighted by Gasteiger charge is -2.07. The highest BCUT2D eigenvalue weighted by molar-refractivity contribution is 5.91. The van der Waals surface area contributed by atoms with E-state index in [4.69, 9.17) is 10.5 Å². The number of amides is 1. The van der Waals surface area contributed by atoms with Gasteiger partial charge in [-0.2, -0.15) is 0 Å². The molecule has 0 aliphatic heterocycles. The van der Waals surface area contributed by atoms with E-state index in [1.807, 2.05) is 0 Å². The summed E-state index contributed by atoms with van der Waals surface area (Å²) in [5.74, 6) is -0.101. The van der Waals surface area contributed by atoms with Crippen LogP contribution in [0.3, 0.4) is 0 Å². The number of nitrogens with zero attached hydrogens (tertiary/aromatic N) is 1. The third-order valence-corrected chi connectivity index (χ3v) is 2.65.